The molecule has 2 heterocycles. The second kappa shape index (κ2) is 8.88. The summed E-state index contributed by atoms with van der Waals surface area (Å²) in [7, 11) is 3.13. The summed E-state index contributed by atoms with van der Waals surface area (Å²) in [6.07, 6.45) is 1.59. The standard InChI is InChI=1S/C20H27N5O3/c1-5-24-8-10-25(11-9-24)20-21-13-16(14(2)22-20)19(26)23-17-7-6-15(27-3)12-18(17)28-4/h6-7,12-13H,5,8-11H2,1-4H3,(H,23,26). The van der Waals surface area contributed by atoms with Crippen LogP contribution >= 0.6 is 0 Å². The molecule has 1 aliphatic rings. The molecule has 8 nitrogen and oxygen atoms in total. The zero-order chi connectivity index (χ0) is 20.1. The van der Waals surface area contributed by atoms with E-state index in [2.05, 4.69) is 32.0 Å². The van der Waals surface area contributed by atoms with Crippen LogP contribution in [0.2, 0.25) is 0 Å². The lowest BCUT2D eigenvalue weighted by Gasteiger charge is -2.34. The van der Waals surface area contributed by atoms with Crippen molar-refractivity contribution in [3.63, 3.8) is 0 Å². The number of amides is 1. The van der Waals surface area contributed by atoms with Gasteiger partial charge in [-0.1, -0.05) is 6.92 Å². The minimum absolute atomic E-state index is 0.275. The van der Waals surface area contributed by atoms with E-state index < -0.39 is 0 Å². The smallest absolute Gasteiger partial charge is 0.259 e. The molecule has 1 aromatic carbocycles. The number of benzene rings is 1. The normalized spacial score (nSPS) is 14.6. The molecule has 0 radical (unpaired) electrons. The fraction of sp³-hybridized carbons (Fsp3) is 0.450. The number of nitrogens with zero attached hydrogens (tertiary/aromatic N) is 4. The minimum Gasteiger partial charge on any atom is -0.497 e. The molecule has 0 bridgehead atoms. The first-order valence-electron chi connectivity index (χ1n) is 9.40. The number of hydrogen-bond donors (Lipinski definition) is 1. The Morgan fingerprint density at radius 1 is 1.18 bits per heavy atom. The predicted molar refractivity (Wildman–Crippen MR) is 109 cm³/mol. The Balaban J connectivity index is 1.73. The summed E-state index contributed by atoms with van der Waals surface area (Å²) in [5.74, 6) is 1.58. The molecule has 1 aliphatic heterocycles. The largest absolute Gasteiger partial charge is 0.497 e. The van der Waals surface area contributed by atoms with Crippen molar-refractivity contribution in [2.75, 3.05) is 57.2 Å². The Morgan fingerprint density at radius 3 is 2.54 bits per heavy atom. The SMILES string of the molecule is CCN1CCN(c2ncc(C(=O)Nc3ccc(OC)cc3OC)c(C)n2)CC1. The molecular formula is C20H27N5O3. The number of methoxy groups -OCH3 is 2. The monoisotopic (exact) mass is 385 g/mol. The first-order valence-corrected chi connectivity index (χ1v) is 9.40. The maximum Gasteiger partial charge on any atom is 0.259 e. The van der Waals surface area contributed by atoms with Crippen molar-refractivity contribution in [1.29, 1.82) is 0 Å². The van der Waals surface area contributed by atoms with Gasteiger partial charge in [0.05, 0.1) is 31.2 Å². The molecule has 1 aromatic heterocycles. The van der Waals surface area contributed by atoms with E-state index in [0.29, 0.717) is 34.4 Å². The van der Waals surface area contributed by atoms with Crippen molar-refractivity contribution in [3.05, 3.63) is 35.7 Å². The number of hydrogen-bond acceptors (Lipinski definition) is 7. The fourth-order valence-corrected chi connectivity index (χ4v) is 3.19. The van der Waals surface area contributed by atoms with E-state index in [0.717, 1.165) is 32.7 Å². The predicted octanol–water partition coefficient (Wildman–Crippen LogP) is 2.20. The Bertz CT molecular complexity index is 835. The van der Waals surface area contributed by atoms with Crippen molar-refractivity contribution in [2.45, 2.75) is 13.8 Å². The number of piperazine rings is 1. The van der Waals surface area contributed by atoms with Crippen LogP contribution < -0.4 is 19.7 Å². The molecule has 2 aromatic rings. The Hall–Kier alpha value is -2.87. The summed E-state index contributed by atoms with van der Waals surface area (Å²) >= 11 is 0. The molecule has 150 valence electrons. The van der Waals surface area contributed by atoms with Gasteiger partial charge in [0.2, 0.25) is 5.95 Å². The summed E-state index contributed by atoms with van der Waals surface area (Å²) in [5.41, 5.74) is 1.65. The van der Waals surface area contributed by atoms with Crippen molar-refractivity contribution in [2.24, 2.45) is 0 Å². The first-order chi connectivity index (χ1) is 13.5. The van der Waals surface area contributed by atoms with Crippen LogP contribution in [-0.2, 0) is 0 Å². The zero-order valence-corrected chi connectivity index (χ0v) is 16.9. The maximum atomic E-state index is 12.7. The van der Waals surface area contributed by atoms with Crippen molar-refractivity contribution in [1.82, 2.24) is 14.9 Å². The van der Waals surface area contributed by atoms with Gasteiger partial charge < -0.3 is 24.6 Å². The third-order valence-electron chi connectivity index (χ3n) is 4.97. The van der Waals surface area contributed by atoms with Crippen LogP contribution in [0, 0.1) is 6.92 Å². The molecule has 0 unspecified atom stereocenters. The number of carbonyl (C=O) groups excluding carboxylic acids is 1. The lowest BCUT2D eigenvalue weighted by atomic mass is 10.2. The molecule has 1 fully saturated rings. The first kappa shape index (κ1) is 19.9. The molecule has 1 N–H and O–H groups in total. The van der Waals surface area contributed by atoms with Gasteiger partial charge in [0.25, 0.3) is 5.91 Å². The van der Waals surface area contributed by atoms with Gasteiger partial charge in [0.15, 0.2) is 0 Å². The molecule has 1 saturated heterocycles. The van der Waals surface area contributed by atoms with Gasteiger partial charge in [-0.3, -0.25) is 4.79 Å². The molecule has 0 saturated carbocycles. The summed E-state index contributed by atoms with van der Waals surface area (Å²) in [6, 6.07) is 5.23. The van der Waals surface area contributed by atoms with Gasteiger partial charge in [0.1, 0.15) is 11.5 Å². The summed E-state index contributed by atoms with van der Waals surface area (Å²) in [4.78, 5) is 26.3. The second-order valence-corrected chi connectivity index (χ2v) is 6.61. The Labute approximate surface area is 165 Å². The van der Waals surface area contributed by atoms with Crippen LogP contribution in [-0.4, -0.2) is 67.7 Å². The Morgan fingerprint density at radius 2 is 1.93 bits per heavy atom. The molecular weight excluding hydrogens is 358 g/mol. The average Bonchev–Trinajstić information content (AvgIpc) is 2.73. The van der Waals surface area contributed by atoms with Gasteiger partial charge in [-0.25, -0.2) is 9.97 Å². The van der Waals surface area contributed by atoms with E-state index in [1.807, 2.05) is 6.92 Å². The third kappa shape index (κ3) is 4.33. The highest BCUT2D eigenvalue weighted by Gasteiger charge is 2.20. The van der Waals surface area contributed by atoms with Crippen LogP contribution in [0.5, 0.6) is 11.5 Å². The number of anilines is 2. The quantitative estimate of drug-likeness (QED) is 0.816. The lowest BCUT2D eigenvalue weighted by molar-refractivity contribution is 0.102. The number of rotatable bonds is 6. The highest BCUT2D eigenvalue weighted by molar-refractivity contribution is 6.05. The van der Waals surface area contributed by atoms with Crippen LogP contribution in [0.25, 0.3) is 0 Å². The lowest BCUT2D eigenvalue weighted by Crippen LogP contribution is -2.46. The number of nitrogens with one attached hydrogen (secondary N) is 1. The van der Waals surface area contributed by atoms with E-state index in [-0.39, 0.29) is 5.91 Å². The van der Waals surface area contributed by atoms with Crippen molar-refractivity contribution in [3.8, 4) is 11.5 Å². The van der Waals surface area contributed by atoms with Crippen LogP contribution in [0.3, 0.4) is 0 Å². The number of aromatic nitrogens is 2. The van der Waals surface area contributed by atoms with Crippen molar-refractivity contribution < 1.29 is 14.3 Å². The topological polar surface area (TPSA) is 79.8 Å². The van der Waals surface area contributed by atoms with Crippen LogP contribution in [0.4, 0.5) is 11.6 Å². The number of carbonyl (C=O) groups is 1. The molecule has 0 spiro atoms. The van der Waals surface area contributed by atoms with E-state index in [9.17, 15) is 4.79 Å². The van der Waals surface area contributed by atoms with E-state index in [4.69, 9.17) is 9.47 Å². The van der Waals surface area contributed by atoms with Gasteiger partial charge in [-0.15, -0.1) is 0 Å². The van der Waals surface area contributed by atoms with Gasteiger partial charge in [-0.05, 0) is 25.6 Å². The van der Waals surface area contributed by atoms with Gasteiger partial charge in [0, 0.05) is 38.4 Å². The Kier molecular flexibility index (Phi) is 6.30. The number of likely N-dealkylation sites (N-methyl/N-ethyl adjacent to an activating group) is 1. The molecule has 28 heavy (non-hydrogen) atoms. The number of aryl methyl sites for hydroxylation is 1. The molecule has 1 amide bonds. The maximum absolute atomic E-state index is 12.7. The zero-order valence-electron chi connectivity index (χ0n) is 16.9. The fourth-order valence-electron chi connectivity index (χ4n) is 3.19. The highest BCUT2D eigenvalue weighted by atomic mass is 16.5. The van der Waals surface area contributed by atoms with Crippen LogP contribution in [0.15, 0.2) is 24.4 Å². The molecule has 0 aliphatic carbocycles. The third-order valence-corrected chi connectivity index (χ3v) is 4.97. The van der Waals surface area contributed by atoms with E-state index in [1.165, 1.54) is 0 Å². The summed E-state index contributed by atoms with van der Waals surface area (Å²) in [5, 5.41) is 2.86. The summed E-state index contributed by atoms with van der Waals surface area (Å²) < 4.78 is 10.5. The van der Waals surface area contributed by atoms with E-state index >= 15 is 0 Å². The average molecular weight is 385 g/mol. The minimum atomic E-state index is -0.275. The summed E-state index contributed by atoms with van der Waals surface area (Å²) in [6.45, 7) is 8.83. The van der Waals surface area contributed by atoms with Crippen molar-refractivity contribution >= 4 is 17.5 Å². The molecule has 8 heteroatoms. The van der Waals surface area contributed by atoms with Crippen LogP contribution in [0.1, 0.15) is 23.0 Å². The highest BCUT2D eigenvalue weighted by Crippen LogP contribution is 2.29. The van der Waals surface area contributed by atoms with Gasteiger partial charge >= 0.3 is 0 Å². The number of ether oxygens (including phenoxy) is 2. The van der Waals surface area contributed by atoms with E-state index in [1.54, 1.807) is 38.6 Å². The molecule has 0 atom stereocenters. The van der Waals surface area contributed by atoms with Gasteiger partial charge in [-0.2, -0.15) is 0 Å². The molecule has 3 rings (SSSR count). The second-order valence-electron chi connectivity index (χ2n) is 6.61.